The molecular weight excluding hydrogens is 200 g/mol. The molecular formula is C14H20O2. The fourth-order valence-corrected chi connectivity index (χ4v) is 1.87. The zero-order valence-electron chi connectivity index (χ0n) is 9.98. The maximum Gasteiger partial charge on any atom is 0.195 e. The highest BCUT2D eigenvalue weighted by atomic mass is 16.5. The molecule has 16 heavy (non-hydrogen) atoms. The lowest BCUT2D eigenvalue weighted by Crippen LogP contribution is -2.43. The Morgan fingerprint density at radius 2 is 1.81 bits per heavy atom. The molecule has 0 aliphatic heterocycles. The Balaban J connectivity index is 3.13. The fraction of sp³-hybridized carbons (Fsp3) is 0.429. The number of rotatable bonds is 5. The summed E-state index contributed by atoms with van der Waals surface area (Å²) in [6.45, 7) is 7.49. The van der Waals surface area contributed by atoms with E-state index in [4.69, 9.17) is 0 Å². The van der Waals surface area contributed by atoms with Gasteiger partial charge in [-0.25, -0.2) is 0 Å². The molecule has 0 bridgehead atoms. The first-order valence-corrected chi connectivity index (χ1v) is 5.59. The first-order valence-electron chi connectivity index (χ1n) is 5.59. The quantitative estimate of drug-likeness (QED) is 0.591. The van der Waals surface area contributed by atoms with Crippen LogP contribution in [0.1, 0.15) is 32.3 Å². The summed E-state index contributed by atoms with van der Waals surface area (Å²) in [4.78, 5) is 0. The fourth-order valence-electron chi connectivity index (χ4n) is 1.87. The molecule has 2 N–H and O–H groups in total. The van der Waals surface area contributed by atoms with Crippen LogP contribution < -0.4 is 0 Å². The van der Waals surface area contributed by atoms with Gasteiger partial charge >= 0.3 is 0 Å². The Morgan fingerprint density at radius 3 is 2.25 bits per heavy atom. The molecule has 1 atom stereocenters. The molecule has 0 heterocycles. The molecule has 0 fully saturated rings. The third-order valence-electron chi connectivity index (χ3n) is 3.39. The molecule has 0 aromatic heterocycles. The van der Waals surface area contributed by atoms with Crippen LogP contribution in [-0.2, 0) is 5.79 Å². The van der Waals surface area contributed by atoms with Crippen molar-refractivity contribution >= 4 is 0 Å². The van der Waals surface area contributed by atoms with E-state index in [0.29, 0.717) is 18.4 Å². The Bertz CT molecular complexity index is 343. The normalized spacial score (nSPS) is 15.5. The van der Waals surface area contributed by atoms with Crippen LogP contribution in [-0.4, -0.2) is 10.2 Å². The lowest BCUT2D eigenvalue weighted by Gasteiger charge is -2.40. The Labute approximate surface area is 97.2 Å². The molecule has 2 heteroatoms. The van der Waals surface area contributed by atoms with E-state index < -0.39 is 11.2 Å². The Kier molecular flexibility index (Phi) is 3.89. The minimum atomic E-state index is -1.82. The molecule has 2 nitrogen and oxygen atoms in total. The summed E-state index contributed by atoms with van der Waals surface area (Å²) < 4.78 is 0. The van der Waals surface area contributed by atoms with Crippen molar-refractivity contribution in [3.8, 4) is 0 Å². The number of hydrogen-bond donors (Lipinski definition) is 2. The highest BCUT2D eigenvalue weighted by Gasteiger charge is 2.44. The van der Waals surface area contributed by atoms with Crippen molar-refractivity contribution in [1.82, 2.24) is 0 Å². The van der Waals surface area contributed by atoms with Gasteiger partial charge in [-0.2, -0.15) is 0 Å². The van der Waals surface area contributed by atoms with Crippen LogP contribution in [0.4, 0.5) is 0 Å². The smallest absolute Gasteiger partial charge is 0.195 e. The van der Waals surface area contributed by atoms with Gasteiger partial charge in [0.25, 0.3) is 0 Å². The summed E-state index contributed by atoms with van der Waals surface area (Å²) in [5, 5.41) is 20.7. The van der Waals surface area contributed by atoms with Crippen molar-refractivity contribution in [2.24, 2.45) is 5.41 Å². The average Bonchev–Trinajstić information content (AvgIpc) is 2.30. The second kappa shape index (κ2) is 4.81. The van der Waals surface area contributed by atoms with Gasteiger partial charge in [-0.15, -0.1) is 6.58 Å². The van der Waals surface area contributed by atoms with Crippen LogP contribution in [0.2, 0.25) is 0 Å². The third kappa shape index (κ3) is 2.18. The second-order valence-electron chi connectivity index (χ2n) is 4.45. The van der Waals surface area contributed by atoms with Crippen molar-refractivity contribution in [3.63, 3.8) is 0 Å². The van der Waals surface area contributed by atoms with Gasteiger partial charge in [0.05, 0.1) is 0 Å². The second-order valence-corrected chi connectivity index (χ2v) is 4.45. The van der Waals surface area contributed by atoms with E-state index >= 15 is 0 Å². The standard InChI is InChI=1S/C14H20O2/c1-4-11-13(3,5-2)14(15,16)12-9-7-6-8-10-12/h4,6-10,15-16H,1,5,11H2,2-3H3. The minimum Gasteiger partial charge on any atom is -0.361 e. The molecule has 1 rings (SSSR count). The number of hydrogen-bond acceptors (Lipinski definition) is 2. The van der Waals surface area contributed by atoms with Gasteiger partial charge in [-0.3, -0.25) is 0 Å². The topological polar surface area (TPSA) is 40.5 Å². The average molecular weight is 220 g/mol. The van der Waals surface area contributed by atoms with E-state index in [-0.39, 0.29) is 0 Å². The highest BCUT2D eigenvalue weighted by molar-refractivity contribution is 5.22. The van der Waals surface area contributed by atoms with Crippen LogP contribution >= 0.6 is 0 Å². The molecule has 1 aromatic rings. The van der Waals surface area contributed by atoms with Crippen molar-refractivity contribution in [2.45, 2.75) is 32.5 Å². The summed E-state index contributed by atoms with van der Waals surface area (Å²) in [6.07, 6.45) is 2.96. The predicted molar refractivity (Wildman–Crippen MR) is 65.8 cm³/mol. The molecule has 1 unspecified atom stereocenters. The molecule has 0 aliphatic carbocycles. The Hall–Kier alpha value is -1.12. The Morgan fingerprint density at radius 1 is 1.25 bits per heavy atom. The van der Waals surface area contributed by atoms with Gasteiger partial charge in [0, 0.05) is 11.0 Å². The van der Waals surface area contributed by atoms with Crippen LogP contribution in [0.5, 0.6) is 0 Å². The van der Waals surface area contributed by atoms with Gasteiger partial charge in [0.15, 0.2) is 5.79 Å². The van der Waals surface area contributed by atoms with E-state index in [2.05, 4.69) is 6.58 Å². The molecule has 0 spiro atoms. The summed E-state index contributed by atoms with van der Waals surface area (Å²) in [7, 11) is 0. The molecule has 0 saturated heterocycles. The molecule has 0 aliphatic rings. The lowest BCUT2D eigenvalue weighted by atomic mass is 9.73. The van der Waals surface area contributed by atoms with Crippen molar-refractivity contribution < 1.29 is 10.2 Å². The van der Waals surface area contributed by atoms with E-state index in [0.717, 1.165) is 0 Å². The zero-order chi connectivity index (χ0) is 12.2. The molecule has 88 valence electrons. The van der Waals surface area contributed by atoms with Crippen molar-refractivity contribution in [3.05, 3.63) is 48.6 Å². The monoisotopic (exact) mass is 220 g/mol. The number of benzene rings is 1. The largest absolute Gasteiger partial charge is 0.361 e. The van der Waals surface area contributed by atoms with Gasteiger partial charge < -0.3 is 10.2 Å². The van der Waals surface area contributed by atoms with Crippen LogP contribution in [0.15, 0.2) is 43.0 Å². The van der Waals surface area contributed by atoms with Crippen molar-refractivity contribution in [1.29, 1.82) is 0 Å². The van der Waals surface area contributed by atoms with Gasteiger partial charge in [0.2, 0.25) is 0 Å². The summed E-state index contributed by atoms with van der Waals surface area (Å²) in [5.74, 6) is -1.82. The number of allylic oxidation sites excluding steroid dienone is 1. The molecule has 1 aromatic carbocycles. The number of aliphatic hydroxyl groups is 2. The molecule has 0 radical (unpaired) electrons. The maximum atomic E-state index is 10.3. The van der Waals surface area contributed by atoms with E-state index in [1.165, 1.54) is 0 Å². The minimum absolute atomic E-state index is 0.529. The first-order chi connectivity index (χ1) is 7.48. The summed E-state index contributed by atoms with van der Waals surface area (Å²) in [5.41, 5.74) is -0.0861. The van der Waals surface area contributed by atoms with Crippen LogP contribution in [0.3, 0.4) is 0 Å². The maximum absolute atomic E-state index is 10.3. The van der Waals surface area contributed by atoms with E-state index in [1.807, 2.05) is 19.9 Å². The molecule has 0 saturated carbocycles. The summed E-state index contributed by atoms with van der Waals surface area (Å²) in [6, 6.07) is 8.94. The van der Waals surface area contributed by atoms with Crippen molar-refractivity contribution in [2.75, 3.05) is 0 Å². The summed E-state index contributed by atoms with van der Waals surface area (Å²) >= 11 is 0. The van der Waals surface area contributed by atoms with Crippen LogP contribution in [0, 0.1) is 5.41 Å². The third-order valence-corrected chi connectivity index (χ3v) is 3.39. The zero-order valence-corrected chi connectivity index (χ0v) is 9.98. The van der Waals surface area contributed by atoms with Gasteiger partial charge in [-0.05, 0) is 12.8 Å². The van der Waals surface area contributed by atoms with Crippen LogP contribution in [0.25, 0.3) is 0 Å². The van der Waals surface area contributed by atoms with Gasteiger partial charge in [-0.1, -0.05) is 50.3 Å². The predicted octanol–water partition coefficient (Wildman–Crippen LogP) is 2.82. The highest BCUT2D eigenvalue weighted by Crippen LogP contribution is 2.43. The van der Waals surface area contributed by atoms with E-state index in [1.54, 1.807) is 30.3 Å². The van der Waals surface area contributed by atoms with E-state index in [9.17, 15) is 10.2 Å². The molecule has 0 amide bonds. The lowest BCUT2D eigenvalue weighted by molar-refractivity contribution is -0.249. The van der Waals surface area contributed by atoms with Gasteiger partial charge in [0.1, 0.15) is 0 Å². The SMILES string of the molecule is C=CCC(C)(CC)C(O)(O)c1ccccc1. The first kappa shape index (κ1) is 12.9.